The Morgan fingerprint density at radius 2 is 1.84 bits per heavy atom. The number of oxazole rings is 1. The van der Waals surface area contributed by atoms with Gasteiger partial charge in [0.15, 0.2) is 11.4 Å². The molecule has 1 N–H and O–H groups in total. The lowest BCUT2D eigenvalue weighted by molar-refractivity contribution is 0.101. The maximum absolute atomic E-state index is 12.4. The van der Waals surface area contributed by atoms with Gasteiger partial charge in [-0.1, -0.05) is 6.08 Å². The molecule has 1 aromatic heterocycles. The van der Waals surface area contributed by atoms with Gasteiger partial charge in [0.2, 0.25) is 0 Å². The molecule has 0 saturated heterocycles. The molecule has 3 aromatic rings. The minimum atomic E-state index is -0.493. The molecule has 25 heavy (non-hydrogen) atoms. The van der Waals surface area contributed by atoms with E-state index in [1.54, 1.807) is 48.5 Å². The summed E-state index contributed by atoms with van der Waals surface area (Å²) in [5, 5.41) is 2.76. The van der Waals surface area contributed by atoms with Crippen LogP contribution in [-0.2, 0) is 6.54 Å². The SMILES string of the molecule is C=CCn1c(=O)oc2ccc(C(=O)Nc3ccc(C(C)=O)cc3)cc21. The topological polar surface area (TPSA) is 81.3 Å². The lowest BCUT2D eigenvalue weighted by Gasteiger charge is -2.06. The maximum atomic E-state index is 12.4. The van der Waals surface area contributed by atoms with Gasteiger partial charge in [-0.2, -0.15) is 0 Å². The minimum Gasteiger partial charge on any atom is -0.408 e. The molecular formula is C19H16N2O4. The van der Waals surface area contributed by atoms with Crippen molar-refractivity contribution in [1.29, 1.82) is 0 Å². The van der Waals surface area contributed by atoms with E-state index in [9.17, 15) is 14.4 Å². The Morgan fingerprint density at radius 1 is 1.16 bits per heavy atom. The normalized spacial score (nSPS) is 10.6. The van der Waals surface area contributed by atoms with Crippen molar-refractivity contribution in [1.82, 2.24) is 4.57 Å². The van der Waals surface area contributed by atoms with E-state index in [-0.39, 0.29) is 11.7 Å². The van der Waals surface area contributed by atoms with Gasteiger partial charge in [0.1, 0.15) is 0 Å². The van der Waals surface area contributed by atoms with E-state index in [0.29, 0.717) is 34.5 Å². The monoisotopic (exact) mass is 336 g/mol. The van der Waals surface area contributed by atoms with Crippen LogP contribution >= 0.6 is 0 Å². The molecule has 6 nitrogen and oxygen atoms in total. The van der Waals surface area contributed by atoms with Crippen LogP contribution in [0.3, 0.4) is 0 Å². The van der Waals surface area contributed by atoms with E-state index in [1.807, 2.05) is 0 Å². The zero-order valence-electron chi connectivity index (χ0n) is 13.6. The number of ketones is 1. The average molecular weight is 336 g/mol. The Hall–Kier alpha value is -3.41. The van der Waals surface area contributed by atoms with Crippen LogP contribution in [0.25, 0.3) is 11.1 Å². The van der Waals surface area contributed by atoms with Crippen LogP contribution in [0.15, 0.2) is 64.3 Å². The number of rotatable bonds is 5. The highest BCUT2D eigenvalue weighted by Gasteiger charge is 2.13. The predicted octanol–water partition coefficient (Wildman–Crippen LogP) is 3.24. The van der Waals surface area contributed by atoms with Crippen molar-refractivity contribution in [3.05, 3.63) is 76.8 Å². The first-order chi connectivity index (χ1) is 12.0. The van der Waals surface area contributed by atoms with Crippen LogP contribution in [0.1, 0.15) is 27.6 Å². The van der Waals surface area contributed by atoms with Gasteiger partial charge in [-0.05, 0) is 49.4 Å². The molecule has 1 heterocycles. The zero-order chi connectivity index (χ0) is 18.0. The highest BCUT2D eigenvalue weighted by Crippen LogP contribution is 2.17. The third kappa shape index (κ3) is 3.28. The Bertz CT molecular complexity index is 1030. The number of allylic oxidation sites excluding steroid dienone is 1. The number of hydrogen-bond donors (Lipinski definition) is 1. The molecule has 0 aliphatic carbocycles. The second-order valence-electron chi connectivity index (χ2n) is 5.54. The number of amides is 1. The molecule has 0 unspecified atom stereocenters. The van der Waals surface area contributed by atoms with Crippen LogP contribution in [0.2, 0.25) is 0 Å². The molecule has 0 aliphatic heterocycles. The number of benzene rings is 2. The van der Waals surface area contributed by atoms with Gasteiger partial charge in [-0.15, -0.1) is 6.58 Å². The third-order valence-corrected chi connectivity index (χ3v) is 3.79. The molecule has 2 aromatic carbocycles. The van der Waals surface area contributed by atoms with Gasteiger partial charge in [-0.25, -0.2) is 4.79 Å². The third-order valence-electron chi connectivity index (χ3n) is 3.79. The smallest absolute Gasteiger partial charge is 0.408 e. The first-order valence-corrected chi connectivity index (χ1v) is 7.66. The van der Waals surface area contributed by atoms with E-state index in [1.165, 1.54) is 11.5 Å². The summed E-state index contributed by atoms with van der Waals surface area (Å²) in [4.78, 5) is 35.5. The standard InChI is InChI=1S/C19H16N2O4/c1-3-10-21-16-11-14(6-9-17(16)25-19(21)24)18(23)20-15-7-4-13(5-8-15)12(2)22/h3-9,11H,1,10H2,2H3,(H,20,23). The fourth-order valence-electron chi connectivity index (χ4n) is 2.50. The number of aromatic nitrogens is 1. The van der Waals surface area contributed by atoms with Crippen molar-refractivity contribution in [2.24, 2.45) is 0 Å². The number of nitrogens with zero attached hydrogens (tertiary/aromatic N) is 1. The molecule has 1 amide bonds. The summed E-state index contributed by atoms with van der Waals surface area (Å²) in [7, 11) is 0. The number of nitrogens with one attached hydrogen (secondary N) is 1. The van der Waals surface area contributed by atoms with Crippen LogP contribution < -0.4 is 11.1 Å². The molecule has 3 rings (SSSR count). The summed E-state index contributed by atoms with van der Waals surface area (Å²) in [5.41, 5.74) is 2.48. The molecule has 0 atom stereocenters. The second-order valence-corrected chi connectivity index (χ2v) is 5.54. The van der Waals surface area contributed by atoms with Gasteiger partial charge < -0.3 is 9.73 Å². The van der Waals surface area contributed by atoms with Crippen molar-refractivity contribution in [3.63, 3.8) is 0 Å². The Balaban J connectivity index is 1.89. The van der Waals surface area contributed by atoms with Crippen LogP contribution in [-0.4, -0.2) is 16.3 Å². The van der Waals surface area contributed by atoms with Gasteiger partial charge in [0.05, 0.1) is 5.52 Å². The number of carbonyl (C=O) groups excluding carboxylic acids is 2. The summed E-state index contributed by atoms with van der Waals surface area (Å²) < 4.78 is 6.54. The molecule has 0 aliphatic rings. The van der Waals surface area contributed by atoms with E-state index in [0.717, 1.165) is 0 Å². The van der Waals surface area contributed by atoms with Crippen molar-refractivity contribution < 1.29 is 14.0 Å². The lowest BCUT2D eigenvalue weighted by atomic mass is 10.1. The summed E-state index contributed by atoms with van der Waals surface area (Å²) in [6.07, 6.45) is 1.58. The lowest BCUT2D eigenvalue weighted by Crippen LogP contribution is -2.14. The van der Waals surface area contributed by atoms with Gasteiger partial charge in [0, 0.05) is 23.4 Å². The molecule has 6 heteroatoms. The Kier molecular flexibility index (Phi) is 4.35. The number of hydrogen-bond acceptors (Lipinski definition) is 4. The Morgan fingerprint density at radius 3 is 2.48 bits per heavy atom. The van der Waals surface area contributed by atoms with E-state index >= 15 is 0 Å². The van der Waals surface area contributed by atoms with E-state index < -0.39 is 5.76 Å². The molecular weight excluding hydrogens is 320 g/mol. The first kappa shape index (κ1) is 16.4. The molecule has 0 bridgehead atoms. The maximum Gasteiger partial charge on any atom is 0.420 e. The molecule has 0 radical (unpaired) electrons. The summed E-state index contributed by atoms with van der Waals surface area (Å²) in [5.74, 6) is -0.855. The highest BCUT2D eigenvalue weighted by molar-refractivity contribution is 6.06. The average Bonchev–Trinajstić information content (AvgIpc) is 2.90. The molecule has 0 fully saturated rings. The first-order valence-electron chi connectivity index (χ1n) is 7.66. The highest BCUT2D eigenvalue weighted by atomic mass is 16.4. The zero-order valence-corrected chi connectivity index (χ0v) is 13.6. The van der Waals surface area contributed by atoms with Crippen molar-refractivity contribution in [2.75, 3.05) is 5.32 Å². The Labute approximate surface area is 143 Å². The number of fused-ring (bicyclic) bond motifs is 1. The summed E-state index contributed by atoms with van der Waals surface area (Å²) in [6.45, 7) is 5.39. The minimum absolute atomic E-state index is 0.0384. The fourth-order valence-corrected chi connectivity index (χ4v) is 2.50. The van der Waals surface area contributed by atoms with Crippen molar-refractivity contribution >= 4 is 28.5 Å². The molecule has 0 spiro atoms. The van der Waals surface area contributed by atoms with Gasteiger partial charge in [0.25, 0.3) is 5.91 Å². The van der Waals surface area contributed by atoms with E-state index in [4.69, 9.17) is 4.42 Å². The second kappa shape index (κ2) is 6.60. The summed E-state index contributed by atoms with van der Waals surface area (Å²) in [6, 6.07) is 11.4. The number of carbonyl (C=O) groups is 2. The van der Waals surface area contributed by atoms with Gasteiger partial charge >= 0.3 is 5.76 Å². The quantitative estimate of drug-likeness (QED) is 0.573. The predicted molar refractivity (Wildman–Crippen MR) is 95.1 cm³/mol. The number of anilines is 1. The fraction of sp³-hybridized carbons (Fsp3) is 0.105. The van der Waals surface area contributed by atoms with E-state index in [2.05, 4.69) is 11.9 Å². The van der Waals surface area contributed by atoms with Crippen LogP contribution in [0.4, 0.5) is 5.69 Å². The largest absolute Gasteiger partial charge is 0.420 e. The molecule has 0 saturated carbocycles. The molecule has 126 valence electrons. The van der Waals surface area contributed by atoms with Crippen molar-refractivity contribution in [3.8, 4) is 0 Å². The van der Waals surface area contributed by atoms with Crippen LogP contribution in [0.5, 0.6) is 0 Å². The van der Waals surface area contributed by atoms with Crippen LogP contribution in [0, 0.1) is 0 Å². The number of Topliss-reactive ketones (excluding diaryl/α,β-unsaturated/α-hetero) is 1. The van der Waals surface area contributed by atoms with Crippen molar-refractivity contribution in [2.45, 2.75) is 13.5 Å². The summed E-state index contributed by atoms with van der Waals surface area (Å²) >= 11 is 0. The van der Waals surface area contributed by atoms with Gasteiger partial charge in [-0.3, -0.25) is 14.2 Å².